The van der Waals surface area contributed by atoms with Gasteiger partial charge in [0.2, 0.25) is 11.8 Å². The molecule has 1 N–H and O–H groups in total. The number of para-hydroxylation sites is 2. The molecule has 1 heterocycles. The largest absolute Gasteiger partial charge is 0.490 e. The maximum Gasteiger partial charge on any atom is 0.251 e. The molecule has 1 atom stereocenters. The van der Waals surface area contributed by atoms with Gasteiger partial charge >= 0.3 is 0 Å². The fraction of sp³-hybridized carbons (Fsp3) is 0.222. The molecule has 230 valence electrons. The molecule has 0 fully saturated rings. The number of carbonyl (C=O) groups is 2. The summed E-state index contributed by atoms with van der Waals surface area (Å²) in [5, 5.41) is 2.90. The molecule has 0 unspecified atom stereocenters. The number of aromatic nitrogens is 2. The van der Waals surface area contributed by atoms with Crippen molar-refractivity contribution in [2.45, 2.75) is 26.0 Å². The first kappa shape index (κ1) is 31.0. The van der Waals surface area contributed by atoms with Crippen molar-refractivity contribution in [1.82, 2.24) is 20.2 Å². The molecule has 0 radical (unpaired) electrons. The molecule has 5 aromatic rings. The van der Waals surface area contributed by atoms with Gasteiger partial charge in [-0.15, -0.1) is 0 Å². The summed E-state index contributed by atoms with van der Waals surface area (Å²) in [4.78, 5) is 36.6. The van der Waals surface area contributed by atoms with Gasteiger partial charge in [0, 0.05) is 26.1 Å². The second-order valence-corrected chi connectivity index (χ2v) is 10.7. The average Bonchev–Trinajstić information content (AvgIpc) is 3.06. The molecule has 1 aromatic heterocycles. The fourth-order valence-electron chi connectivity index (χ4n) is 4.66. The van der Waals surface area contributed by atoms with E-state index in [1.807, 2.05) is 85.8 Å². The minimum absolute atomic E-state index is 0.195. The zero-order chi connectivity index (χ0) is 31.6. The van der Waals surface area contributed by atoms with Gasteiger partial charge in [0.25, 0.3) is 5.91 Å². The number of rotatable bonds is 13. The van der Waals surface area contributed by atoms with E-state index in [1.54, 1.807) is 38.4 Å². The summed E-state index contributed by atoms with van der Waals surface area (Å²) in [5.74, 6) is 1.25. The number of ether oxygens (including phenoxy) is 3. The van der Waals surface area contributed by atoms with Crippen LogP contribution in [0.5, 0.6) is 17.4 Å². The van der Waals surface area contributed by atoms with Crippen molar-refractivity contribution in [3.05, 3.63) is 126 Å². The molecule has 0 saturated carbocycles. The molecule has 9 nitrogen and oxygen atoms in total. The minimum Gasteiger partial charge on any atom is -0.490 e. The van der Waals surface area contributed by atoms with E-state index in [1.165, 1.54) is 4.90 Å². The molecule has 0 aliphatic heterocycles. The maximum absolute atomic E-state index is 13.1. The average molecular weight is 605 g/mol. The van der Waals surface area contributed by atoms with Crippen LogP contribution >= 0.6 is 0 Å². The van der Waals surface area contributed by atoms with Gasteiger partial charge in [-0.05, 0) is 66.6 Å². The summed E-state index contributed by atoms with van der Waals surface area (Å²) in [7, 11) is 3.34. The summed E-state index contributed by atoms with van der Waals surface area (Å²) in [6, 6.07) is 31.2. The van der Waals surface area contributed by atoms with Crippen molar-refractivity contribution in [3.8, 4) is 17.4 Å². The number of likely N-dealkylation sites (N-methyl/N-ethyl adjacent to an activating group) is 1. The van der Waals surface area contributed by atoms with Gasteiger partial charge in [-0.3, -0.25) is 9.59 Å². The number of fused-ring (bicyclic) bond motifs is 1. The van der Waals surface area contributed by atoms with E-state index in [4.69, 9.17) is 14.2 Å². The second-order valence-electron chi connectivity index (χ2n) is 10.7. The summed E-state index contributed by atoms with van der Waals surface area (Å²) in [6.07, 6.45) is 0.337. The van der Waals surface area contributed by atoms with Gasteiger partial charge in [-0.25, -0.2) is 9.97 Å². The van der Waals surface area contributed by atoms with Crippen LogP contribution in [0, 0.1) is 6.92 Å². The van der Waals surface area contributed by atoms with E-state index >= 15 is 0 Å². The van der Waals surface area contributed by atoms with E-state index < -0.39 is 6.04 Å². The highest BCUT2D eigenvalue weighted by Gasteiger charge is 2.23. The van der Waals surface area contributed by atoms with E-state index in [0.717, 1.165) is 27.9 Å². The van der Waals surface area contributed by atoms with Crippen LogP contribution in [0.1, 0.15) is 27.2 Å². The number of amides is 2. The Hall–Kier alpha value is -5.44. The van der Waals surface area contributed by atoms with Gasteiger partial charge in [-0.1, -0.05) is 54.6 Å². The van der Waals surface area contributed by atoms with Crippen LogP contribution in [0.4, 0.5) is 0 Å². The molecule has 0 saturated heterocycles. The Morgan fingerprint density at radius 1 is 0.711 bits per heavy atom. The predicted molar refractivity (Wildman–Crippen MR) is 173 cm³/mol. The molecular formula is C36H36N4O5. The zero-order valence-corrected chi connectivity index (χ0v) is 25.6. The smallest absolute Gasteiger partial charge is 0.251 e. The molecule has 0 spiro atoms. The first-order valence-electron chi connectivity index (χ1n) is 14.7. The van der Waals surface area contributed by atoms with Crippen LogP contribution in [-0.4, -0.2) is 60.0 Å². The highest BCUT2D eigenvalue weighted by atomic mass is 16.5. The Kier molecular flexibility index (Phi) is 10.2. The third kappa shape index (κ3) is 8.57. The molecule has 0 bridgehead atoms. The lowest BCUT2D eigenvalue weighted by atomic mass is 10.0. The quantitative estimate of drug-likeness (QED) is 0.180. The van der Waals surface area contributed by atoms with Crippen LogP contribution in [-0.2, 0) is 17.8 Å². The number of benzene rings is 4. The lowest BCUT2D eigenvalue weighted by Gasteiger charge is -2.22. The molecule has 9 heteroatoms. The van der Waals surface area contributed by atoms with Gasteiger partial charge in [0.15, 0.2) is 0 Å². The monoisotopic (exact) mass is 604 g/mol. The van der Waals surface area contributed by atoms with Gasteiger partial charge in [0.1, 0.15) is 43.1 Å². The molecule has 2 amide bonds. The second kappa shape index (κ2) is 14.8. The Morgan fingerprint density at radius 3 is 2.00 bits per heavy atom. The molecular weight excluding hydrogens is 568 g/mol. The van der Waals surface area contributed by atoms with Crippen LogP contribution in [0.25, 0.3) is 11.0 Å². The van der Waals surface area contributed by atoms with Gasteiger partial charge < -0.3 is 24.4 Å². The molecule has 5 rings (SSSR count). The third-order valence-corrected chi connectivity index (χ3v) is 7.06. The first-order valence-corrected chi connectivity index (χ1v) is 14.7. The van der Waals surface area contributed by atoms with E-state index in [2.05, 4.69) is 15.3 Å². The molecule has 45 heavy (non-hydrogen) atoms. The van der Waals surface area contributed by atoms with Crippen molar-refractivity contribution in [2.75, 3.05) is 27.3 Å². The van der Waals surface area contributed by atoms with Gasteiger partial charge in [-0.2, -0.15) is 0 Å². The summed E-state index contributed by atoms with van der Waals surface area (Å²) in [6.45, 7) is 2.89. The van der Waals surface area contributed by atoms with Crippen molar-refractivity contribution in [1.29, 1.82) is 0 Å². The lowest BCUT2D eigenvalue weighted by Crippen LogP contribution is -2.47. The van der Waals surface area contributed by atoms with Crippen molar-refractivity contribution < 1.29 is 23.8 Å². The highest BCUT2D eigenvalue weighted by molar-refractivity contribution is 5.97. The number of aryl methyl sites for hydroxylation is 1. The minimum atomic E-state index is -0.738. The predicted octanol–water partition coefficient (Wildman–Crippen LogP) is 5.40. The lowest BCUT2D eigenvalue weighted by molar-refractivity contribution is -0.130. The van der Waals surface area contributed by atoms with E-state index in [-0.39, 0.29) is 25.0 Å². The number of nitrogens with one attached hydrogen (secondary N) is 1. The number of hydrogen-bond donors (Lipinski definition) is 1. The first-order chi connectivity index (χ1) is 21.9. The third-order valence-electron chi connectivity index (χ3n) is 7.06. The van der Waals surface area contributed by atoms with E-state index in [0.29, 0.717) is 35.9 Å². The summed E-state index contributed by atoms with van der Waals surface area (Å²) >= 11 is 0. The fourth-order valence-corrected chi connectivity index (χ4v) is 4.66. The molecule has 4 aromatic carbocycles. The van der Waals surface area contributed by atoms with Crippen molar-refractivity contribution in [3.63, 3.8) is 0 Å². The SMILES string of the molecule is Cc1nc2ccccc2nc1OCCOc1ccc(C(=O)N[C@@H](Cc2ccc(OCc3ccccc3)cc2)C(=O)N(C)C)cc1. The van der Waals surface area contributed by atoms with Gasteiger partial charge in [0.05, 0.1) is 11.0 Å². The summed E-state index contributed by atoms with van der Waals surface area (Å²) < 4.78 is 17.5. The van der Waals surface area contributed by atoms with Crippen molar-refractivity contribution in [2.24, 2.45) is 0 Å². The maximum atomic E-state index is 13.1. The number of hydrogen-bond acceptors (Lipinski definition) is 7. The van der Waals surface area contributed by atoms with E-state index in [9.17, 15) is 9.59 Å². The number of carbonyl (C=O) groups excluding carboxylic acids is 2. The van der Waals surface area contributed by atoms with Crippen LogP contribution in [0.2, 0.25) is 0 Å². The van der Waals surface area contributed by atoms with Crippen molar-refractivity contribution >= 4 is 22.8 Å². The topological polar surface area (TPSA) is 103 Å². The van der Waals surface area contributed by atoms with Crippen LogP contribution in [0.15, 0.2) is 103 Å². The van der Waals surface area contributed by atoms with Crippen LogP contribution in [0.3, 0.4) is 0 Å². The Labute approximate surface area is 262 Å². The molecule has 0 aliphatic rings. The Balaban J connectivity index is 1.12. The standard InChI is InChI=1S/C36H36N4O5/c1-25-35(39-32-12-8-7-11-31(32)37-25)44-22-21-43-29-19-15-28(16-20-29)34(41)38-33(36(42)40(2)3)23-26-13-17-30(18-14-26)45-24-27-9-5-4-6-10-27/h4-20,33H,21-24H2,1-3H3,(H,38,41)/t33-/m0/s1. The normalized spacial score (nSPS) is 11.4. The zero-order valence-electron chi connectivity index (χ0n) is 25.6. The Morgan fingerprint density at radius 2 is 1.31 bits per heavy atom. The Bertz CT molecular complexity index is 1730. The summed E-state index contributed by atoms with van der Waals surface area (Å²) in [5.41, 5.74) is 4.70. The highest BCUT2D eigenvalue weighted by Crippen LogP contribution is 2.19. The van der Waals surface area contributed by atoms with Crippen LogP contribution < -0.4 is 19.5 Å². The number of nitrogens with zero attached hydrogens (tertiary/aromatic N) is 3. The molecule has 0 aliphatic carbocycles.